The fraction of sp³-hybridized carbons (Fsp3) is 0.548. The molecule has 0 spiro atoms. The van der Waals surface area contributed by atoms with Crippen molar-refractivity contribution in [3.8, 4) is 5.75 Å². The van der Waals surface area contributed by atoms with E-state index in [4.69, 9.17) is 11.5 Å². The summed E-state index contributed by atoms with van der Waals surface area (Å²) >= 11 is 0. The molecule has 12 N–H and O–H groups in total. The molecule has 7 amide bonds. The minimum absolute atomic E-state index is 0.0623. The molecule has 1 aromatic rings. The number of nitrogens with one attached hydrogen (secondary N) is 6. The van der Waals surface area contributed by atoms with Gasteiger partial charge in [-0.15, -0.1) is 0 Å². The molecule has 0 saturated heterocycles. The third-order valence-electron chi connectivity index (χ3n) is 7.19. The molecule has 1 rings (SSSR count). The number of nitrogens with two attached hydrogens (primary N) is 2. The van der Waals surface area contributed by atoms with Gasteiger partial charge in [0.1, 0.15) is 36.0 Å². The summed E-state index contributed by atoms with van der Waals surface area (Å²) in [5, 5.41) is 33.1. The quantitative estimate of drug-likeness (QED) is 0.0702. The highest BCUT2D eigenvalue weighted by Gasteiger charge is 2.33. The molecule has 0 fully saturated rings. The number of primary amides is 1. The van der Waals surface area contributed by atoms with Crippen molar-refractivity contribution in [3.63, 3.8) is 0 Å². The van der Waals surface area contributed by atoms with Gasteiger partial charge in [-0.25, -0.2) is 4.79 Å². The Morgan fingerprint density at radius 1 is 0.673 bits per heavy atom. The standard InChI is InChI=1S/C31H48N8O10/c1-14(2)24(29(46)37-21(31(48)49)12-22(33)41)39-30(47)25(15(3)4)38-27(44)17(6)35-23(42)13-34-26(43)16(5)36-28(45)20(32)11-18-7-9-19(40)10-8-18/h7-10,14-17,20-21,24-25,40H,11-13,32H2,1-6H3,(H2,33,41)(H,34,43)(H,35,42)(H,36,45)(H,37,46)(H,38,44)(H,39,47)(H,48,49)/t16-,17-,20-,21-,24-,25-/m0/s1. The Balaban J connectivity index is 2.69. The molecular weight excluding hydrogens is 644 g/mol. The van der Waals surface area contributed by atoms with Crippen LogP contribution in [-0.2, 0) is 44.8 Å². The Kier molecular flexibility index (Phi) is 16.6. The van der Waals surface area contributed by atoms with E-state index >= 15 is 0 Å². The highest BCUT2D eigenvalue weighted by molar-refractivity contribution is 5.96. The number of carboxylic acid groups (broad SMARTS) is 1. The van der Waals surface area contributed by atoms with Crippen molar-refractivity contribution < 1.29 is 48.6 Å². The lowest BCUT2D eigenvalue weighted by molar-refractivity contribution is -0.144. The molecule has 49 heavy (non-hydrogen) atoms. The predicted molar refractivity (Wildman–Crippen MR) is 175 cm³/mol. The van der Waals surface area contributed by atoms with E-state index in [1.165, 1.54) is 26.0 Å². The van der Waals surface area contributed by atoms with Crippen LogP contribution >= 0.6 is 0 Å². The van der Waals surface area contributed by atoms with E-state index in [1.807, 2.05) is 0 Å². The number of benzene rings is 1. The molecule has 1 aromatic carbocycles. The molecule has 0 unspecified atom stereocenters. The average molecular weight is 693 g/mol. The topological polar surface area (TPSA) is 301 Å². The van der Waals surface area contributed by atoms with E-state index in [2.05, 4.69) is 31.9 Å². The second-order valence-electron chi connectivity index (χ2n) is 12.2. The molecule has 272 valence electrons. The fourth-order valence-electron chi connectivity index (χ4n) is 4.30. The van der Waals surface area contributed by atoms with Crippen molar-refractivity contribution in [1.82, 2.24) is 31.9 Å². The van der Waals surface area contributed by atoms with Crippen LogP contribution in [0.1, 0.15) is 53.5 Å². The highest BCUT2D eigenvalue weighted by atomic mass is 16.4. The third kappa shape index (κ3) is 14.6. The number of carbonyl (C=O) groups excluding carboxylic acids is 7. The zero-order valence-electron chi connectivity index (χ0n) is 28.4. The van der Waals surface area contributed by atoms with Crippen LogP contribution in [0.4, 0.5) is 0 Å². The van der Waals surface area contributed by atoms with Gasteiger partial charge in [-0.1, -0.05) is 39.8 Å². The summed E-state index contributed by atoms with van der Waals surface area (Å²) in [6.07, 6.45) is -0.507. The van der Waals surface area contributed by atoms with E-state index in [9.17, 15) is 48.6 Å². The van der Waals surface area contributed by atoms with Crippen LogP contribution in [0.2, 0.25) is 0 Å². The summed E-state index contributed by atoms with van der Waals surface area (Å²) < 4.78 is 0. The largest absolute Gasteiger partial charge is 0.508 e. The average Bonchev–Trinajstić information content (AvgIpc) is 3.00. The first-order chi connectivity index (χ1) is 22.7. The van der Waals surface area contributed by atoms with Crippen LogP contribution in [0.3, 0.4) is 0 Å². The molecule has 18 nitrogen and oxygen atoms in total. The summed E-state index contributed by atoms with van der Waals surface area (Å²) in [5.41, 5.74) is 11.7. The fourth-order valence-corrected chi connectivity index (χ4v) is 4.30. The zero-order valence-corrected chi connectivity index (χ0v) is 28.4. The van der Waals surface area contributed by atoms with Crippen molar-refractivity contribution in [2.45, 2.75) is 90.6 Å². The number of aromatic hydroxyl groups is 1. The minimum Gasteiger partial charge on any atom is -0.508 e. The molecule has 0 saturated carbocycles. The first-order valence-corrected chi connectivity index (χ1v) is 15.6. The maximum atomic E-state index is 13.2. The van der Waals surface area contributed by atoms with Gasteiger partial charge in [-0.05, 0) is 49.8 Å². The number of aliphatic carboxylic acids is 1. The number of hydrogen-bond donors (Lipinski definition) is 10. The Morgan fingerprint density at radius 3 is 1.65 bits per heavy atom. The molecule has 0 aliphatic heterocycles. The van der Waals surface area contributed by atoms with Gasteiger partial charge in [-0.3, -0.25) is 33.6 Å². The van der Waals surface area contributed by atoms with Crippen LogP contribution in [-0.4, -0.2) is 100 Å². The van der Waals surface area contributed by atoms with E-state index in [-0.39, 0.29) is 12.2 Å². The minimum atomic E-state index is -1.61. The van der Waals surface area contributed by atoms with Gasteiger partial charge in [0.05, 0.1) is 19.0 Å². The van der Waals surface area contributed by atoms with Crippen molar-refractivity contribution in [1.29, 1.82) is 0 Å². The van der Waals surface area contributed by atoms with Crippen LogP contribution in [0.5, 0.6) is 5.75 Å². The van der Waals surface area contributed by atoms with Crippen molar-refractivity contribution in [2.24, 2.45) is 23.3 Å². The van der Waals surface area contributed by atoms with E-state index in [0.717, 1.165) is 0 Å². The van der Waals surface area contributed by atoms with Crippen molar-refractivity contribution >= 4 is 47.3 Å². The second-order valence-corrected chi connectivity index (χ2v) is 12.2. The number of phenolic OH excluding ortho intramolecular Hbond substituents is 1. The van der Waals surface area contributed by atoms with E-state index in [0.29, 0.717) is 5.56 Å². The SMILES string of the molecule is CC(C)[C@H](NC(=O)[C@H](C)NC(=O)CNC(=O)[C@H](C)NC(=O)[C@@H](N)Cc1ccc(O)cc1)C(=O)N[C@H](C(=O)N[C@@H](CC(N)=O)C(=O)O)C(C)C. The van der Waals surface area contributed by atoms with Gasteiger partial charge in [-0.2, -0.15) is 0 Å². The van der Waals surface area contributed by atoms with Gasteiger partial charge in [0.15, 0.2) is 0 Å². The maximum Gasteiger partial charge on any atom is 0.326 e. The maximum absolute atomic E-state index is 13.2. The Morgan fingerprint density at radius 2 is 1.16 bits per heavy atom. The summed E-state index contributed by atoms with van der Waals surface area (Å²) in [6.45, 7) is 8.64. The summed E-state index contributed by atoms with van der Waals surface area (Å²) in [4.78, 5) is 98.9. The number of phenols is 1. The molecule has 0 bridgehead atoms. The summed E-state index contributed by atoms with van der Waals surface area (Å²) in [5.74, 6) is -7.84. The molecule has 18 heteroatoms. The summed E-state index contributed by atoms with van der Waals surface area (Å²) in [6, 6.07) is -1.09. The second kappa shape index (κ2) is 19.5. The van der Waals surface area contributed by atoms with Gasteiger partial charge < -0.3 is 53.6 Å². The molecule has 6 atom stereocenters. The van der Waals surface area contributed by atoms with Crippen LogP contribution in [0.25, 0.3) is 0 Å². The van der Waals surface area contributed by atoms with E-state index in [1.54, 1.807) is 39.8 Å². The van der Waals surface area contributed by atoms with Crippen molar-refractivity contribution in [3.05, 3.63) is 29.8 Å². The molecule has 0 aliphatic rings. The van der Waals surface area contributed by atoms with Crippen LogP contribution in [0.15, 0.2) is 24.3 Å². The van der Waals surface area contributed by atoms with Crippen LogP contribution < -0.4 is 43.4 Å². The van der Waals surface area contributed by atoms with Crippen molar-refractivity contribution in [2.75, 3.05) is 6.54 Å². The van der Waals surface area contributed by atoms with Gasteiger partial charge in [0, 0.05) is 0 Å². The smallest absolute Gasteiger partial charge is 0.326 e. The first-order valence-electron chi connectivity index (χ1n) is 15.6. The number of carboxylic acids is 1. The molecular formula is C31H48N8O10. The lowest BCUT2D eigenvalue weighted by Gasteiger charge is -2.28. The summed E-state index contributed by atoms with van der Waals surface area (Å²) in [7, 11) is 0. The number of hydrogen-bond acceptors (Lipinski definition) is 10. The normalized spacial score (nSPS) is 14.6. The Labute approximate surface area is 283 Å². The zero-order chi connectivity index (χ0) is 37.6. The lowest BCUT2D eigenvalue weighted by atomic mass is 9.99. The Hall–Kier alpha value is -5.26. The van der Waals surface area contributed by atoms with Gasteiger partial charge >= 0.3 is 5.97 Å². The van der Waals surface area contributed by atoms with Crippen LogP contribution in [0, 0.1) is 11.8 Å². The predicted octanol–water partition coefficient (Wildman–Crippen LogP) is -2.89. The lowest BCUT2D eigenvalue weighted by Crippen LogP contribution is -2.60. The van der Waals surface area contributed by atoms with Gasteiger partial charge in [0.25, 0.3) is 0 Å². The molecule has 0 aromatic heterocycles. The number of rotatable bonds is 19. The van der Waals surface area contributed by atoms with E-state index < -0.39 is 108 Å². The third-order valence-corrected chi connectivity index (χ3v) is 7.19. The number of carbonyl (C=O) groups is 8. The first kappa shape index (κ1) is 41.8. The monoisotopic (exact) mass is 692 g/mol. The Bertz CT molecular complexity index is 1370. The molecule has 0 aliphatic carbocycles. The number of amides is 7. The van der Waals surface area contributed by atoms with Gasteiger partial charge in [0.2, 0.25) is 41.4 Å². The molecule has 0 radical (unpaired) electrons. The highest BCUT2D eigenvalue weighted by Crippen LogP contribution is 2.11. The molecule has 0 heterocycles.